The van der Waals surface area contributed by atoms with Crippen molar-refractivity contribution in [3.05, 3.63) is 39.4 Å². The molecule has 3 heterocycles. The van der Waals surface area contributed by atoms with Gasteiger partial charge in [0.25, 0.3) is 0 Å². The molecular formula is C15H20N4OS. The zero-order chi connectivity index (χ0) is 14.8. The number of aryl methyl sites for hydroxylation is 3. The van der Waals surface area contributed by atoms with E-state index >= 15 is 0 Å². The maximum Gasteiger partial charge on any atom is 0.125 e. The van der Waals surface area contributed by atoms with Crippen LogP contribution in [0.3, 0.4) is 0 Å². The highest BCUT2D eigenvalue weighted by atomic mass is 32.1. The lowest BCUT2D eigenvalue weighted by molar-refractivity contribution is -0.0349. The topological polar surface area (TPSA) is 51.1 Å². The van der Waals surface area contributed by atoms with Crippen LogP contribution in [0, 0.1) is 20.8 Å². The predicted molar refractivity (Wildman–Crippen MR) is 82.3 cm³/mol. The van der Waals surface area contributed by atoms with Crippen molar-refractivity contribution in [2.75, 3.05) is 19.7 Å². The van der Waals surface area contributed by atoms with Gasteiger partial charge in [0, 0.05) is 30.2 Å². The molecule has 0 N–H and O–H groups in total. The van der Waals surface area contributed by atoms with Crippen LogP contribution in [0.4, 0.5) is 0 Å². The molecular weight excluding hydrogens is 284 g/mol. The summed E-state index contributed by atoms with van der Waals surface area (Å²) in [5.74, 6) is 0.809. The van der Waals surface area contributed by atoms with Gasteiger partial charge in [-0.3, -0.25) is 4.90 Å². The summed E-state index contributed by atoms with van der Waals surface area (Å²) in [6.45, 7) is 9.51. The Morgan fingerprint density at radius 1 is 1.33 bits per heavy atom. The van der Waals surface area contributed by atoms with Gasteiger partial charge in [0.2, 0.25) is 0 Å². The van der Waals surface area contributed by atoms with Crippen LogP contribution in [0.25, 0.3) is 0 Å². The molecule has 2 aromatic heterocycles. The van der Waals surface area contributed by atoms with Gasteiger partial charge in [0.1, 0.15) is 11.9 Å². The van der Waals surface area contributed by atoms with Crippen LogP contribution < -0.4 is 0 Å². The fourth-order valence-electron chi connectivity index (χ4n) is 2.62. The van der Waals surface area contributed by atoms with Crippen LogP contribution in [0.1, 0.15) is 33.9 Å². The molecule has 0 bridgehead atoms. The Bertz CT molecular complexity index is 608. The first-order valence-electron chi connectivity index (χ1n) is 7.17. The van der Waals surface area contributed by atoms with E-state index in [2.05, 4.69) is 26.8 Å². The van der Waals surface area contributed by atoms with Gasteiger partial charge >= 0.3 is 0 Å². The summed E-state index contributed by atoms with van der Waals surface area (Å²) in [5.41, 5.74) is 5.04. The van der Waals surface area contributed by atoms with E-state index in [-0.39, 0.29) is 6.10 Å². The molecule has 0 amide bonds. The fraction of sp³-hybridized carbons (Fsp3) is 0.533. The van der Waals surface area contributed by atoms with Gasteiger partial charge in [0.05, 0.1) is 23.5 Å². The van der Waals surface area contributed by atoms with Gasteiger partial charge in [-0.25, -0.2) is 15.0 Å². The molecule has 2 aromatic rings. The van der Waals surface area contributed by atoms with Crippen molar-refractivity contribution in [3.8, 4) is 0 Å². The second kappa shape index (κ2) is 6.17. The summed E-state index contributed by atoms with van der Waals surface area (Å²) in [6, 6.07) is 2.03. The molecule has 1 aliphatic rings. The van der Waals surface area contributed by atoms with Gasteiger partial charge in [-0.1, -0.05) is 0 Å². The lowest BCUT2D eigenvalue weighted by Gasteiger charge is -2.32. The molecule has 0 aromatic carbocycles. The van der Waals surface area contributed by atoms with Crippen LogP contribution in [-0.2, 0) is 11.3 Å². The molecule has 1 fully saturated rings. The van der Waals surface area contributed by atoms with E-state index < -0.39 is 0 Å². The van der Waals surface area contributed by atoms with Crippen molar-refractivity contribution >= 4 is 11.3 Å². The quantitative estimate of drug-likeness (QED) is 0.871. The van der Waals surface area contributed by atoms with E-state index in [4.69, 9.17) is 4.74 Å². The molecule has 6 heteroatoms. The van der Waals surface area contributed by atoms with Crippen molar-refractivity contribution < 1.29 is 4.74 Å². The normalized spacial score (nSPS) is 19.9. The zero-order valence-electron chi connectivity index (χ0n) is 12.7. The lowest BCUT2D eigenvalue weighted by Crippen LogP contribution is -2.38. The number of hydrogen-bond acceptors (Lipinski definition) is 6. The highest BCUT2D eigenvalue weighted by Gasteiger charge is 2.24. The standard InChI is InChI=1S/C15H20N4OS/c1-10-6-13(18-12(3)17-10)14-7-19(4-5-20-14)8-15-11(2)16-9-21-15/h6,9,14H,4-5,7-8H2,1-3H3/t14-/m0/s1. The van der Waals surface area contributed by atoms with E-state index in [1.807, 2.05) is 25.4 Å². The fourth-order valence-corrected chi connectivity index (χ4v) is 3.44. The van der Waals surface area contributed by atoms with E-state index in [9.17, 15) is 0 Å². The molecule has 1 atom stereocenters. The Hall–Kier alpha value is -1.37. The Morgan fingerprint density at radius 3 is 2.90 bits per heavy atom. The predicted octanol–water partition coefficient (Wildman–Crippen LogP) is 2.43. The maximum absolute atomic E-state index is 5.91. The average molecular weight is 304 g/mol. The van der Waals surface area contributed by atoms with Crippen molar-refractivity contribution in [2.24, 2.45) is 0 Å². The van der Waals surface area contributed by atoms with Crippen LogP contribution in [0.5, 0.6) is 0 Å². The summed E-state index contributed by atoms with van der Waals surface area (Å²) >= 11 is 1.73. The van der Waals surface area contributed by atoms with Crippen LogP contribution in [0.15, 0.2) is 11.6 Å². The largest absolute Gasteiger partial charge is 0.369 e. The minimum absolute atomic E-state index is 0.0346. The van der Waals surface area contributed by atoms with Crippen LogP contribution >= 0.6 is 11.3 Å². The van der Waals surface area contributed by atoms with Crippen molar-refractivity contribution in [1.82, 2.24) is 19.9 Å². The Morgan fingerprint density at radius 2 is 2.19 bits per heavy atom. The summed E-state index contributed by atoms with van der Waals surface area (Å²) in [7, 11) is 0. The van der Waals surface area contributed by atoms with Gasteiger partial charge in [-0.05, 0) is 26.8 Å². The Balaban J connectivity index is 1.72. The second-order valence-electron chi connectivity index (χ2n) is 5.44. The third-order valence-corrected chi connectivity index (χ3v) is 4.60. The molecule has 112 valence electrons. The first-order chi connectivity index (χ1) is 10.1. The highest BCUT2D eigenvalue weighted by molar-refractivity contribution is 7.09. The summed E-state index contributed by atoms with van der Waals surface area (Å²) in [6.07, 6.45) is 0.0346. The number of hydrogen-bond donors (Lipinski definition) is 0. The first kappa shape index (κ1) is 14.6. The van der Waals surface area contributed by atoms with Gasteiger partial charge in [-0.15, -0.1) is 11.3 Å². The monoisotopic (exact) mass is 304 g/mol. The van der Waals surface area contributed by atoms with E-state index in [0.717, 1.165) is 49.1 Å². The molecule has 0 spiro atoms. The zero-order valence-corrected chi connectivity index (χ0v) is 13.5. The van der Waals surface area contributed by atoms with Gasteiger partial charge in [0.15, 0.2) is 0 Å². The van der Waals surface area contributed by atoms with E-state index in [1.165, 1.54) is 4.88 Å². The minimum atomic E-state index is 0.0346. The second-order valence-corrected chi connectivity index (χ2v) is 6.38. The molecule has 3 rings (SSSR count). The van der Waals surface area contributed by atoms with Gasteiger partial charge < -0.3 is 4.74 Å². The minimum Gasteiger partial charge on any atom is -0.369 e. The van der Waals surface area contributed by atoms with Crippen LogP contribution in [-0.4, -0.2) is 39.5 Å². The number of aromatic nitrogens is 3. The van der Waals surface area contributed by atoms with Crippen molar-refractivity contribution in [2.45, 2.75) is 33.4 Å². The third kappa shape index (κ3) is 3.45. The molecule has 1 aliphatic heterocycles. The molecule has 0 saturated carbocycles. The van der Waals surface area contributed by atoms with Crippen molar-refractivity contribution in [1.29, 1.82) is 0 Å². The lowest BCUT2D eigenvalue weighted by atomic mass is 10.1. The SMILES string of the molecule is Cc1cc([C@@H]2CN(Cc3scnc3C)CCO2)nc(C)n1. The Labute approximate surface area is 129 Å². The average Bonchev–Trinajstić information content (AvgIpc) is 2.84. The smallest absolute Gasteiger partial charge is 0.125 e. The molecule has 0 radical (unpaired) electrons. The number of nitrogens with zero attached hydrogens (tertiary/aromatic N) is 4. The molecule has 5 nitrogen and oxygen atoms in total. The van der Waals surface area contributed by atoms with Crippen molar-refractivity contribution in [3.63, 3.8) is 0 Å². The number of rotatable bonds is 3. The van der Waals surface area contributed by atoms with Gasteiger partial charge in [-0.2, -0.15) is 0 Å². The third-order valence-electron chi connectivity index (χ3n) is 3.68. The summed E-state index contributed by atoms with van der Waals surface area (Å²) < 4.78 is 5.91. The number of thiazole rings is 1. The summed E-state index contributed by atoms with van der Waals surface area (Å²) in [4.78, 5) is 16.9. The molecule has 0 unspecified atom stereocenters. The highest BCUT2D eigenvalue weighted by Crippen LogP contribution is 2.24. The number of morpholine rings is 1. The van der Waals surface area contributed by atoms with E-state index in [0.29, 0.717) is 0 Å². The molecule has 1 saturated heterocycles. The Kier molecular flexibility index (Phi) is 4.28. The molecule has 0 aliphatic carbocycles. The first-order valence-corrected chi connectivity index (χ1v) is 8.05. The summed E-state index contributed by atoms with van der Waals surface area (Å²) in [5, 5.41) is 0. The number of ether oxygens (including phenoxy) is 1. The van der Waals surface area contributed by atoms with Crippen LogP contribution in [0.2, 0.25) is 0 Å². The van der Waals surface area contributed by atoms with E-state index in [1.54, 1.807) is 11.3 Å². The molecule has 21 heavy (non-hydrogen) atoms. The maximum atomic E-state index is 5.91.